The number of isocyanates is 1. The Hall–Kier alpha value is -2.19. The molecule has 0 atom stereocenters. The molecule has 4 heteroatoms. The van der Waals surface area contributed by atoms with Crippen LogP contribution < -0.4 is 5.63 Å². The molecular weight excluding hydrogens is 182 g/mol. The van der Waals surface area contributed by atoms with E-state index < -0.39 is 5.63 Å². The Morgan fingerprint density at radius 2 is 2.07 bits per heavy atom. The van der Waals surface area contributed by atoms with E-state index in [1.807, 2.05) is 0 Å². The number of fused-ring (bicyclic) bond motifs is 1. The number of benzene rings is 1. The molecule has 0 aliphatic carbocycles. The van der Waals surface area contributed by atoms with Crippen molar-refractivity contribution >= 4 is 22.7 Å². The van der Waals surface area contributed by atoms with Crippen molar-refractivity contribution in [2.75, 3.05) is 0 Å². The minimum atomic E-state index is -0.503. The van der Waals surface area contributed by atoms with Crippen molar-refractivity contribution in [3.63, 3.8) is 0 Å². The van der Waals surface area contributed by atoms with E-state index in [1.54, 1.807) is 24.3 Å². The summed E-state index contributed by atoms with van der Waals surface area (Å²) in [5.74, 6) is -0.0244. The number of rotatable bonds is 1. The van der Waals surface area contributed by atoms with E-state index in [1.165, 1.54) is 12.1 Å². The first-order valence-electron chi connectivity index (χ1n) is 3.92. The summed E-state index contributed by atoms with van der Waals surface area (Å²) in [5, 5.41) is 1.16. The highest BCUT2D eigenvalue weighted by Crippen LogP contribution is 2.16. The Morgan fingerprint density at radius 3 is 2.86 bits per heavy atom. The molecule has 0 N–H and O–H groups in total. The van der Waals surface area contributed by atoms with Gasteiger partial charge in [-0.15, -0.1) is 4.99 Å². The Kier molecular flexibility index (Phi) is 1.97. The average molecular weight is 187 g/mol. The number of carbonyl (C=O) groups excluding carboxylic acids is 1. The lowest BCUT2D eigenvalue weighted by Gasteiger charge is -1.94. The lowest BCUT2D eigenvalue weighted by molar-refractivity contribution is 0.525. The molecular formula is C10H5NO3. The fraction of sp³-hybridized carbons (Fsp3) is 0. The third-order valence-corrected chi connectivity index (χ3v) is 1.81. The van der Waals surface area contributed by atoms with Gasteiger partial charge in [0, 0.05) is 6.07 Å². The van der Waals surface area contributed by atoms with E-state index in [4.69, 9.17) is 4.42 Å². The van der Waals surface area contributed by atoms with Gasteiger partial charge in [0.15, 0.2) is 0 Å². The highest BCUT2D eigenvalue weighted by Gasteiger charge is 2.01. The fourth-order valence-electron chi connectivity index (χ4n) is 1.22. The monoisotopic (exact) mass is 187 g/mol. The molecule has 4 nitrogen and oxygen atoms in total. The molecule has 0 fully saturated rings. The molecule has 0 amide bonds. The van der Waals surface area contributed by atoms with Gasteiger partial charge < -0.3 is 4.42 Å². The molecule has 2 aromatic rings. The maximum atomic E-state index is 11.3. The Bertz CT molecular complexity index is 579. The quantitative estimate of drug-likeness (QED) is 0.504. The zero-order chi connectivity index (χ0) is 9.97. The van der Waals surface area contributed by atoms with Gasteiger partial charge in [0.1, 0.15) is 0 Å². The van der Waals surface area contributed by atoms with Crippen LogP contribution in [0.5, 0.6) is 0 Å². The van der Waals surface area contributed by atoms with Crippen molar-refractivity contribution in [2.45, 2.75) is 0 Å². The highest BCUT2D eigenvalue weighted by atomic mass is 16.4. The second-order valence-electron chi connectivity index (χ2n) is 2.66. The predicted molar refractivity (Wildman–Crippen MR) is 50.3 cm³/mol. The van der Waals surface area contributed by atoms with E-state index in [9.17, 15) is 9.59 Å². The summed E-state index contributed by atoms with van der Waals surface area (Å²) in [6.45, 7) is 0. The van der Waals surface area contributed by atoms with Crippen LogP contribution in [0.25, 0.3) is 10.8 Å². The summed E-state index contributed by atoms with van der Waals surface area (Å²) in [5.41, 5.74) is -0.503. The third kappa shape index (κ3) is 1.34. The maximum absolute atomic E-state index is 11.3. The van der Waals surface area contributed by atoms with Crippen molar-refractivity contribution in [1.29, 1.82) is 0 Å². The first-order chi connectivity index (χ1) is 6.81. The van der Waals surface area contributed by atoms with E-state index in [2.05, 4.69) is 4.99 Å². The first kappa shape index (κ1) is 8.41. The average Bonchev–Trinajstić information content (AvgIpc) is 2.18. The van der Waals surface area contributed by atoms with Crippen LogP contribution in [0.15, 0.2) is 44.5 Å². The molecule has 1 aromatic heterocycles. The molecule has 0 unspecified atom stereocenters. The lowest BCUT2D eigenvalue weighted by atomic mass is 10.2. The van der Waals surface area contributed by atoms with E-state index in [0.29, 0.717) is 10.8 Å². The molecule has 0 saturated carbocycles. The standard InChI is InChI=1S/C10H5NO3/c12-6-11-9-5-7-3-1-2-4-8(7)10(13)14-9/h1-5H. The van der Waals surface area contributed by atoms with Gasteiger partial charge >= 0.3 is 5.63 Å². The van der Waals surface area contributed by atoms with Crippen molar-refractivity contribution in [3.8, 4) is 0 Å². The molecule has 2 rings (SSSR count). The molecule has 14 heavy (non-hydrogen) atoms. The lowest BCUT2D eigenvalue weighted by Crippen LogP contribution is -1.97. The molecule has 0 spiro atoms. The number of hydrogen-bond donors (Lipinski definition) is 0. The summed E-state index contributed by atoms with van der Waals surface area (Å²) >= 11 is 0. The van der Waals surface area contributed by atoms with Gasteiger partial charge in [0.2, 0.25) is 12.0 Å². The summed E-state index contributed by atoms with van der Waals surface area (Å²) in [4.78, 5) is 24.5. The van der Waals surface area contributed by atoms with E-state index in [-0.39, 0.29) is 5.88 Å². The van der Waals surface area contributed by atoms with Crippen LogP contribution in [0.2, 0.25) is 0 Å². The van der Waals surface area contributed by atoms with Crippen LogP contribution in [-0.4, -0.2) is 6.08 Å². The summed E-state index contributed by atoms with van der Waals surface area (Å²) in [6, 6.07) is 8.44. The number of aliphatic imine (C=N–C) groups is 1. The van der Waals surface area contributed by atoms with Crippen LogP contribution in [0.1, 0.15) is 0 Å². The number of hydrogen-bond acceptors (Lipinski definition) is 4. The zero-order valence-corrected chi connectivity index (χ0v) is 7.06. The second kappa shape index (κ2) is 3.28. The van der Waals surface area contributed by atoms with Crippen molar-refractivity contribution in [3.05, 3.63) is 40.8 Å². The van der Waals surface area contributed by atoms with Crippen LogP contribution in [-0.2, 0) is 4.79 Å². The second-order valence-corrected chi connectivity index (χ2v) is 2.66. The van der Waals surface area contributed by atoms with E-state index in [0.717, 1.165) is 0 Å². The first-order valence-corrected chi connectivity index (χ1v) is 3.92. The maximum Gasteiger partial charge on any atom is 0.345 e. The smallest absolute Gasteiger partial charge is 0.345 e. The molecule has 0 bridgehead atoms. The predicted octanol–water partition coefficient (Wildman–Crippen LogP) is 1.76. The number of nitrogens with zero attached hydrogens (tertiary/aromatic N) is 1. The van der Waals surface area contributed by atoms with Gasteiger partial charge in [0.05, 0.1) is 5.39 Å². The molecule has 68 valence electrons. The Morgan fingerprint density at radius 1 is 1.29 bits per heavy atom. The van der Waals surface area contributed by atoms with Crippen LogP contribution in [0.3, 0.4) is 0 Å². The largest absolute Gasteiger partial charge is 0.403 e. The molecule has 1 heterocycles. The van der Waals surface area contributed by atoms with Crippen LogP contribution in [0, 0.1) is 0 Å². The van der Waals surface area contributed by atoms with Gasteiger partial charge in [-0.25, -0.2) is 9.59 Å². The molecule has 0 aliphatic heterocycles. The molecule has 0 aliphatic rings. The van der Waals surface area contributed by atoms with Crippen molar-refractivity contribution in [2.24, 2.45) is 4.99 Å². The van der Waals surface area contributed by atoms with Gasteiger partial charge in [-0.1, -0.05) is 18.2 Å². The fourth-order valence-corrected chi connectivity index (χ4v) is 1.22. The van der Waals surface area contributed by atoms with Crippen LogP contribution >= 0.6 is 0 Å². The van der Waals surface area contributed by atoms with Crippen molar-refractivity contribution < 1.29 is 9.21 Å². The summed E-state index contributed by atoms with van der Waals surface area (Å²) < 4.78 is 4.75. The minimum absolute atomic E-state index is 0.0244. The Balaban J connectivity index is 2.85. The summed E-state index contributed by atoms with van der Waals surface area (Å²) in [7, 11) is 0. The molecule has 0 saturated heterocycles. The van der Waals surface area contributed by atoms with Gasteiger partial charge in [-0.3, -0.25) is 0 Å². The molecule has 1 aromatic carbocycles. The molecule has 0 radical (unpaired) electrons. The topological polar surface area (TPSA) is 59.6 Å². The minimum Gasteiger partial charge on any atom is -0.403 e. The third-order valence-electron chi connectivity index (χ3n) is 1.81. The SMILES string of the molecule is O=C=Nc1cc2ccccc2c(=O)o1. The van der Waals surface area contributed by atoms with Gasteiger partial charge in [0.25, 0.3) is 0 Å². The highest BCUT2D eigenvalue weighted by molar-refractivity contribution is 5.82. The van der Waals surface area contributed by atoms with Crippen LogP contribution in [0.4, 0.5) is 5.88 Å². The summed E-state index contributed by atoms with van der Waals surface area (Å²) in [6.07, 6.45) is 1.32. The normalized spacial score (nSPS) is 9.71. The zero-order valence-electron chi connectivity index (χ0n) is 7.06. The van der Waals surface area contributed by atoms with Gasteiger partial charge in [-0.05, 0) is 11.5 Å². The van der Waals surface area contributed by atoms with E-state index >= 15 is 0 Å². The Labute approximate surface area is 78.5 Å². The van der Waals surface area contributed by atoms with Gasteiger partial charge in [-0.2, -0.15) is 0 Å². The van der Waals surface area contributed by atoms with Crippen molar-refractivity contribution in [1.82, 2.24) is 0 Å².